The van der Waals surface area contributed by atoms with Gasteiger partial charge in [-0.15, -0.1) is 11.3 Å². The van der Waals surface area contributed by atoms with Crippen LogP contribution >= 0.6 is 34.5 Å². The summed E-state index contributed by atoms with van der Waals surface area (Å²) in [6.45, 7) is 1.71. The van der Waals surface area contributed by atoms with Gasteiger partial charge >= 0.3 is 0 Å². The van der Waals surface area contributed by atoms with Crippen molar-refractivity contribution in [1.82, 2.24) is 15.4 Å². The first-order chi connectivity index (χ1) is 13.9. The first-order valence-corrected chi connectivity index (χ1v) is 9.75. The Labute approximate surface area is 179 Å². The molecule has 3 aromatic rings. The number of halogens is 3. The van der Waals surface area contributed by atoms with E-state index in [1.165, 1.54) is 17.5 Å². The highest BCUT2D eigenvalue weighted by Crippen LogP contribution is 2.26. The topological polar surface area (TPSA) is 82.6 Å². The first kappa shape index (κ1) is 21.3. The lowest BCUT2D eigenvalue weighted by Gasteiger charge is -2.14. The molecule has 0 unspecified atom stereocenters. The highest BCUT2D eigenvalue weighted by molar-refractivity contribution is 7.15. The van der Waals surface area contributed by atoms with Gasteiger partial charge in [-0.25, -0.2) is 19.8 Å². The predicted molar refractivity (Wildman–Crippen MR) is 106 cm³/mol. The fourth-order valence-corrected chi connectivity index (χ4v) is 3.08. The lowest BCUT2D eigenvalue weighted by Crippen LogP contribution is -2.36. The van der Waals surface area contributed by atoms with Gasteiger partial charge in [0.25, 0.3) is 11.8 Å². The Kier molecular flexibility index (Phi) is 7.21. The molecule has 2 aromatic heterocycles. The number of hydrogen-bond acceptors (Lipinski definition) is 7. The third-order valence-corrected chi connectivity index (χ3v) is 4.70. The Morgan fingerprint density at radius 3 is 2.59 bits per heavy atom. The van der Waals surface area contributed by atoms with Gasteiger partial charge in [0.2, 0.25) is 0 Å². The second-order valence-electron chi connectivity index (χ2n) is 5.61. The zero-order valence-corrected chi connectivity index (χ0v) is 17.2. The van der Waals surface area contributed by atoms with Crippen LogP contribution in [-0.4, -0.2) is 22.0 Å². The number of aromatic nitrogens is 2. The number of pyridine rings is 1. The van der Waals surface area contributed by atoms with Gasteiger partial charge in [-0.3, -0.25) is 9.63 Å². The number of hydrogen-bond donors (Lipinski definition) is 1. The minimum absolute atomic E-state index is 0.143. The van der Waals surface area contributed by atoms with Gasteiger partial charge in [-0.2, -0.15) is 0 Å². The summed E-state index contributed by atoms with van der Waals surface area (Å²) >= 11 is 12.6. The molecule has 0 aliphatic rings. The van der Waals surface area contributed by atoms with E-state index in [1.807, 2.05) is 0 Å². The highest BCUT2D eigenvalue weighted by Gasteiger charge is 2.15. The van der Waals surface area contributed by atoms with Gasteiger partial charge in [0.15, 0.2) is 16.4 Å². The number of carbonyl (C=O) groups excluding carboxylic acids is 1. The molecule has 0 spiro atoms. The predicted octanol–water partition coefficient (Wildman–Crippen LogP) is 4.79. The van der Waals surface area contributed by atoms with Crippen molar-refractivity contribution >= 4 is 40.4 Å². The second-order valence-corrected chi connectivity index (χ2v) is 7.74. The molecule has 0 aliphatic carbocycles. The zero-order valence-electron chi connectivity index (χ0n) is 14.9. The monoisotopic (exact) mass is 457 g/mol. The number of hydroxylamine groups is 1. The quantitative estimate of drug-likeness (QED) is 0.489. The number of ether oxygens (including phenoxy) is 2. The van der Waals surface area contributed by atoms with E-state index in [2.05, 4.69) is 15.4 Å². The summed E-state index contributed by atoms with van der Waals surface area (Å²) in [6, 6.07) is 7.37. The van der Waals surface area contributed by atoms with Gasteiger partial charge in [0, 0.05) is 12.4 Å². The van der Waals surface area contributed by atoms with Crippen molar-refractivity contribution in [1.29, 1.82) is 0 Å². The van der Waals surface area contributed by atoms with Crippen molar-refractivity contribution in [2.45, 2.75) is 19.6 Å². The largest absolute Gasteiger partial charge is 0.481 e. The molecular formula is C18H14Cl2FN3O4S. The van der Waals surface area contributed by atoms with Crippen molar-refractivity contribution in [3.8, 4) is 17.4 Å². The Morgan fingerprint density at radius 1 is 1.21 bits per heavy atom. The molecule has 11 heteroatoms. The number of rotatable bonds is 8. The highest BCUT2D eigenvalue weighted by atomic mass is 35.5. The van der Waals surface area contributed by atoms with Crippen LogP contribution in [0.2, 0.25) is 9.49 Å². The maximum Gasteiger partial charge on any atom is 0.284 e. The van der Waals surface area contributed by atoms with Gasteiger partial charge < -0.3 is 9.47 Å². The summed E-state index contributed by atoms with van der Waals surface area (Å²) in [5.41, 5.74) is 2.30. The van der Waals surface area contributed by atoms with Gasteiger partial charge in [0.05, 0.1) is 9.90 Å². The molecule has 0 saturated heterocycles. The summed E-state index contributed by atoms with van der Waals surface area (Å²) in [6.07, 6.45) is 2.03. The molecule has 1 atom stereocenters. The third-order valence-electron chi connectivity index (χ3n) is 3.41. The average Bonchev–Trinajstić information content (AvgIpc) is 3.10. The molecule has 0 aliphatic heterocycles. The summed E-state index contributed by atoms with van der Waals surface area (Å²) < 4.78 is 25.0. The maximum absolute atomic E-state index is 13.7. The average molecular weight is 458 g/mol. The van der Waals surface area contributed by atoms with E-state index in [4.69, 9.17) is 37.5 Å². The molecule has 152 valence electrons. The summed E-state index contributed by atoms with van der Waals surface area (Å²) in [5, 5.41) is 0.172. The SMILES string of the molecule is C[C@@H](Oc1ccc(Oc2ncc(Cl)cc2F)cc1)C(=O)NOCc1cnc(Cl)s1. The van der Waals surface area contributed by atoms with E-state index in [-0.39, 0.29) is 17.5 Å². The number of carbonyl (C=O) groups is 1. The molecule has 0 saturated carbocycles. The molecule has 3 rings (SSSR count). The van der Waals surface area contributed by atoms with Gasteiger partial charge in [-0.1, -0.05) is 23.2 Å². The minimum atomic E-state index is -0.817. The molecule has 0 bridgehead atoms. The van der Waals surface area contributed by atoms with Crippen LogP contribution in [0.15, 0.2) is 42.7 Å². The minimum Gasteiger partial charge on any atom is -0.481 e. The smallest absolute Gasteiger partial charge is 0.284 e. The molecule has 7 nitrogen and oxygen atoms in total. The Morgan fingerprint density at radius 2 is 1.93 bits per heavy atom. The Hall–Kier alpha value is -2.46. The molecule has 2 heterocycles. The van der Waals surface area contributed by atoms with Crippen LogP contribution in [0.3, 0.4) is 0 Å². The summed E-state index contributed by atoms with van der Waals surface area (Å²) in [7, 11) is 0. The van der Waals surface area contributed by atoms with Crippen molar-refractivity contribution in [3.05, 3.63) is 62.9 Å². The number of nitrogens with zero attached hydrogens (tertiary/aromatic N) is 2. The Balaban J connectivity index is 1.48. The summed E-state index contributed by atoms with van der Waals surface area (Å²) in [5.74, 6) is -0.583. The number of nitrogens with one attached hydrogen (secondary N) is 1. The first-order valence-electron chi connectivity index (χ1n) is 8.18. The molecule has 1 N–H and O–H groups in total. The van der Waals surface area contributed by atoms with Crippen molar-refractivity contribution < 1.29 is 23.5 Å². The lowest BCUT2D eigenvalue weighted by atomic mass is 10.3. The fraction of sp³-hybridized carbons (Fsp3) is 0.167. The van der Waals surface area contributed by atoms with Crippen LogP contribution in [0, 0.1) is 5.82 Å². The van der Waals surface area contributed by atoms with E-state index in [0.717, 1.165) is 10.9 Å². The number of benzene rings is 1. The molecular weight excluding hydrogens is 444 g/mol. The van der Waals surface area contributed by atoms with E-state index in [0.29, 0.717) is 16.0 Å². The van der Waals surface area contributed by atoms with Crippen LogP contribution in [0.5, 0.6) is 17.4 Å². The van der Waals surface area contributed by atoms with Crippen LogP contribution < -0.4 is 15.0 Å². The maximum atomic E-state index is 13.7. The zero-order chi connectivity index (χ0) is 20.8. The van der Waals surface area contributed by atoms with Crippen molar-refractivity contribution in [3.63, 3.8) is 0 Å². The lowest BCUT2D eigenvalue weighted by molar-refractivity contribution is -0.141. The molecule has 1 amide bonds. The third kappa shape index (κ3) is 6.26. The van der Waals surface area contributed by atoms with Gasteiger partial charge in [-0.05, 0) is 37.3 Å². The summed E-state index contributed by atoms with van der Waals surface area (Å²) in [4.78, 5) is 25.6. The second kappa shape index (κ2) is 9.84. The fourth-order valence-electron chi connectivity index (χ4n) is 2.04. The van der Waals surface area contributed by atoms with Crippen molar-refractivity contribution in [2.75, 3.05) is 0 Å². The van der Waals surface area contributed by atoms with Gasteiger partial charge in [0.1, 0.15) is 18.1 Å². The van der Waals surface area contributed by atoms with Crippen molar-refractivity contribution in [2.24, 2.45) is 0 Å². The number of amides is 1. The van der Waals surface area contributed by atoms with E-state index >= 15 is 0 Å². The molecule has 29 heavy (non-hydrogen) atoms. The van der Waals surface area contributed by atoms with Crippen LogP contribution in [0.25, 0.3) is 0 Å². The molecule has 0 radical (unpaired) electrons. The molecule has 0 fully saturated rings. The standard InChI is InChI=1S/C18H14Cl2FN3O4S/c1-10(16(25)24-26-9-14-8-23-18(20)29-14)27-12-2-4-13(5-3-12)28-17-15(21)6-11(19)7-22-17/h2-8,10H,9H2,1H3,(H,24,25)/t10-/m1/s1. The molecule has 1 aromatic carbocycles. The van der Waals surface area contributed by atoms with Crippen LogP contribution in [-0.2, 0) is 16.2 Å². The van der Waals surface area contributed by atoms with Crippen LogP contribution in [0.1, 0.15) is 11.8 Å². The van der Waals surface area contributed by atoms with E-state index < -0.39 is 17.8 Å². The van der Waals surface area contributed by atoms with E-state index in [1.54, 1.807) is 37.4 Å². The normalized spacial score (nSPS) is 11.7. The Bertz CT molecular complexity index is 987. The van der Waals surface area contributed by atoms with Crippen LogP contribution in [0.4, 0.5) is 4.39 Å². The number of thiazole rings is 1. The van der Waals surface area contributed by atoms with E-state index in [9.17, 15) is 9.18 Å².